The average molecular weight is 175 g/mol. The van der Waals surface area contributed by atoms with Crippen LogP contribution in [0.1, 0.15) is 26.2 Å². The van der Waals surface area contributed by atoms with Gasteiger partial charge >= 0.3 is 0 Å². The minimum atomic E-state index is 0.584. The highest BCUT2D eigenvalue weighted by molar-refractivity contribution is 7.80. The highest BCUT2D eigenvalue weighted by Crippen LogP contribution is 1.95. The van der Waals surface area contributed by atoms with Crippen molar-refractivity contribution < 1.29 is 4.74 Å². The zero-order valence-electron chi connectivity index (χ0n) is 7.59. The van der Waals surface area contributed by atoms with Gasteiger partial charge in [0.1, 0.15) is 0 Å². The Hall–Kier alpha value is -0.310. The molecule has 0 aromatic heterocycles. The maximum Gasteiger partial charge on any atom is 0.258 e. The quantitative estimate of drug-likeness (QED) is 0.479. The second-order valence-corrected chi connectivity index (χ2v) is 3.07. The van der Waals surface area contributed by atoms with Crippen molar-refractivity contribution in [3.05, 3.63) is 0 Å². The minimum Gasteiger partial charge on any atom is -0.471 e. The summed E-state index contributed by atoms with van der Waals surface area (Å²) in [6.07, 6.45) is 3.54. The van der Waals surface area contributed by atoms with Gasteiger partial charge in [-0.3, -0.25) is 0 Å². The Morgan fingerprint density at radius 2 is 2.00 bits per heavy atom. The van der Waals surface area contributed by atoms with E-state index in [-0.39, 0.29) is 0 Å². The summed E-state index contributed by atoms with van der Waals surface area (Å²) >= 11 is 4.93. The van der Waals surface area contributed by atoms with Crippen LogP contribution in [0.4, 0.5) is 0 Å². The van der Waals surface area contributed by atoms with Crippen LogP contribution in [-0.2, 0) is 4.74 Å². The van der Waals surface area contributed by atoms with Gasteiger partial charge in [0.25, 0.3) is 5.17 Å². The van der Waals surface area contributed by atoms with Crippen LogP contribution >= 0.6 is 12.2 Å². The van der Waals surface area contributed by atoms with Gasteiger partial charge < -0.3 is 9.64 Å². The molecule has 0 aromatic rings. The Labute approximate surface area is 74.5 Å². The van der Waals surface area contributed by atoms with Gasteiger partial charge in [0.05, 0.1) is 6.61 Å². The fourth-order valence-corrected chi connectivity index (χ4v) is 0.724. The van der Waals surface area contributed by atoms with Crippen molar-refractivity contribution in [1.82, 2.24) is 4.90 Å². The van der Waals surface area contributed by atoms with Gasteiger partial charge in [-0.15, -0.1) is 0 Å². The topological polar surface area (TPSA) is 12.5 Å². The van der Waals surface area contributed by atoms with Crippen molar-refractivity contribution in [2.45, 2.75) is 26.2 Å². The van der Waals surface area contributed by atoms with Crippen LogP contribution in [0, 0.1) is 0 Å². The summed E-state index contributed by atoms with van der Waals surface area (Å²) in [5, 5.41) is 0.584. The molecule has 3 heteroatoms. The summed E-state index contributed by atoms with van der Waals surface area (Å²) in [5.74, 6) is 0. The van der Waals surface area contributed by atoms with Gasteiger partial charge in [-0.2, -0.15) is 0 Å². The molecular formula is C8H17NOS. The third-order valence-electron chi connectivity index (χ3n) is 1.34. The van der Waals surface area contributed by atoms with Crippen LogP contribution in [0.2, 0.25) is 0 Å². The van der Waals surface area contributed by atoms with Gasteiger partial charge in [0.2, 0.25) is 0 Å². The second kappa shape index (κ2) is 6.40. The summed E-state index contributed by atoms with van der Waals surface area (Å²) in [6, 6.07) is 0. The first-order valence-electron chi connectivity index (χ1n) is 4.02. The van der Waals surface area contributed by atoms with E-state index < -0.39 is 0 Å². The van der Waals surface area contributed by atoms with E-state index in [9.17, 15) is 0 Å². The van der Waals surface area contributed by atoms with Crippen LogP contribution in [0.5, 0.6) is 0 Å². The molecule has 0 aliphatic heterocycles. The molecule has 0 rings (SSSR count). The zero-order chi connectivity index (χ0) is 8.69. The van der Waals surface area contributed by atoms with E-state index in [0.717, 1.165) is 13.0 Å². The first-order valence-corrected chi connectivity index (χ1v) is 4.43. The van der Waals surface area contributed by atoms with Gasteiger partial charge in [-0.25, -0.2) is 0 Å². The Bertz CT molecular complexity index is 115. The molecule has 0 atom stereocenters. The number of ether oxygens (including phenoxy) is 1. The third-order valence-corrected chi connectivity index (χ3v) is 1.82. The molecule has 0 N–H and O–H groups in total. The van der Waals surface area contributed by atoms with Gasteiger partial charge in [-0.1, -0.05) is 19.8 Å². The highest BCUT2D eigenvalue weighted by atomic mass is 32.1. The van der Waals surface area contributed by atoms with E-state index >= 15 is 0 Å². The number of hydrogen-bond donors (Lipinski definition) is 0. The largest absolute Gasteiger partial charge is 0.471 e. The molecule has 11 heavy (non-hydrogen) atoms. The van der Waals surface area contributed by atoms with E-state index in [1.54, 1.807) is 4.90 Å². The molecule has 0 spiro atoms. The molecule has 0 heterocycles. The Kier molecular flexibility index (Phi) is 6.22. The second-order valence-electron chi connectivity index (χ2n) is 2.72. The van der Waals surface area contributed by atoms with Gasteiger partial charge in [-0.05, 0) is 18.6 Å². The SMILES string of the molecule is CCCCCOC(=S)N(C)C. The number of thiocarbonyl (C=S) groups is 1. The molecular weight excluding hydrogens is 158 g/mol. The maximum atomic E-state index is 5.26. The van der Waals surface area contributed by atoms with Crippen molar-refractivity contribution >= 4 is 17.4 Å². The Morgan fingerprint density at radius 3 is 2.45 bits per heavy atom. The average Bonchev–Trinajstić information content (AvgIpc) is 1.97. The predicted molar refractivity (Wildman–Crippen MR) is 51.8 cm³/mol. The number of unbranched alkanes of at least 4 members (excludes halogenated alkanes) is 2. The van der Waals surface area contributed by atoms with Crippen molar-refractivity contribution in [1.29, 1.82) is 0 Å². The molecule has 0 saturated carbocycles. The summed E-state index contributed by atoms with van der Waals surface area (Å²) in [7, 11) is 3.78. The third kappa shape index (κ3) is 6.10. The lowest BCUT2D eigenvalue weighted by Gasteiger charge is -2.13. The van der Waals surface area contributed by atoms with Crippen LogP contribution in [0.3, 0.4) is 0 Å². The van der Waals surface area contributed by atoms with Crippen molar-refractivity contribution in [2.75, 3.05) is 20.7 Å². The molecule has 0 unspecified atom stereocenters. The molecule has 0 amide bonds. The molecule has 0 aliphatic carbocycles. The van der Waals surface area contributed by atoms with E-state index in [1.165, 1.54) is 12.8 Å². The predicted octanol–water partition coefficient (Wildman–Crippen LogP) is 2.04. The molecule has 2 nitrogen and oxygen atoms in total. The number of rotatable bonds is 4. The zero-order valence-corrected chi connectivity index (χ0v) is 8.41. The lowest BCUT2D eigenvalue weighted by atomic mass is 10.3. The Balaban J connectivity index is 3.18. The molecule has 0 aromatic carbocycles. The van der Waals surface area contributed by atoms with E-state index in [1.807, 2.05) is 14.1 Å². The van der Waals surface area contributed by atoms with Crippen LogP contribution in [0.15, 0.2) is 0 Å². The van der Waals surface area contributed by atoms with Crippen LogP contribution in [0.25, 0.3) is 0 Å². The molecule has 0 radical (unpaired) electrons. The van der Waals surface area contributed by atoms with Crippen molar-refractivity contribution in [3.8, 4) is 0 Å². The summed E-state index contributed by atoms with van der Waals surface area (Å²) in [6.45, 7) is 2.93. The number of nitrogens with zero attached hydrogens (tertiary/aromatic N) is 1. The monoisotopic (exact) mass is 175 g/mol. The summed E-state index contributed by atoms with van der Waals surface area (Å²) < 4.78 is 5.26. The summed E-state index contributed by atoms with van der Waals surface area (Å²) in [5.41, 5.74) is 0. The first-order chi connectivity index (χ1) is 5.18. The molecule has 0 saturated heterocycles. The van der Waals surface area contributed by atoms with E-state index in [4.69, 9.17) is 17.0 Å². The molecule has 0 aliphatic rings. The lowest BCUT2D eigenvalue weighted by Crippen LogP contribution is -2.22. The molecule has 0 fully saturated rings. The molecule has 0 bridgehead atoms. The van der Waals surface area contributed by atoms with Crippen molar-refractivity contribution in [2.24, 2.45) is 0 Å². The maximum absolute atomic E-state index is 5.26. The first kappa shape index (κ1) is 10.7. The smallest absolute Gasteiger partial charge is 0.258 e. The van der Waals surface area contributed by atoms with Gasteiger partial charge in [0, 0.05) is 14.1 Å². The Morgan fingerprint density at radius 1 is 1.36 bits per heavy atom. The van der Waals surface area contributed by atoms with Crippen LogP contribution in [-0.4, -0.2) is 30.8 Å². The van der Waals surface area contributed by atoms with Crippen molar-refractivity contribution in [3.63, 3.8) is 0 Å². The minimum absolute atomic E-state index is 0.584. The van der Waals surface area contributed by atoms with E-state index in [2.05, 4.69) is 6.92 Å². The number of hydrogen-bond acceptors (Lipinski definition) is 2. The highest BCUT2D eigenvalue weighted by Gasteiger charge is 1.97. The van der Waals surface area contributed by atoms with E-state index in [0.29, 0.717) is 5.17 Å². The fourth-order valence-electron chi connectivity index (χ4n) is 0.641. The van der Waals surface area contributed by atoms with Crippen LogP contribution < -0.4 is 0 Å². The lowest BCUT2D eigenvalue weighted by molar-refractivity contribution is 0.261. The van der Waals surface area contributed by atoms with Gasteiger partial charge in [0.15, 0.2) is 0 Å². The summed E-state index contributed by atoms with van der Waals surface area (Å²) in [4.78, 5) is 1.81. The molecule has 66 valence electrons. The standard InChI is InChI=1S/C8H17NOS/c1-4-5-6-7-10-8(11)9(2)3/h4-7H2,1-3H3. The normalized spacial score (nSPS) is 9.36. The fraction of sp³-hybridized carbons (Fsp3) is 0.875.